The van der Waals surface area contributed by atoms with Crippen molar-refractivity contribution in [2.75, 3.05) is 5.32 Å². The van der Waals surface area contributed by atoms with Crippen molar-refractivity contribution >= 4 is 23.5 Å². The van der Waals surface area contributed by atoms with Gasteiger partial charge in [-0.3, -0.25) is 4.79 Å². The lowest BCUT2D eigenvalue weighted by molar-refractivity contribution is -0.143. The molecule has 0 radical (unpaired) electrons. The molecule has 0 saturated carbocycles. The molecule has 4 rings (SSSR count). The molecule has 8 heteroatoms. The number of hydrogen-bond donors (Lipinski definition) is 2. The summed E-state index contributed by atoms with van der Waals surface area (Å²) >= 11 is 1.23. The highest BCUT2D eigenvalue weighted by Crippen LogP contribution is 2.40. The van der Waals surface area contributed by atoms with Crippen LogP contribution in [0.1, 0.15) is 43.4 Å². The molecule has 1 aliphatic heterocycles. The summed E-state index contributed by atoms with van der Waals surface area (Å²) < 4.78 is 19.5. The number of aromatic nitrogens is 2. The van der Waals surface area contributed by atoms with Gasteiger partial charge in [0.05, 0.1) is 23.2 Å². The van der Waals surface area contributed by atoms with Gasteiger partial charge in [0.1, 0.15) is 11.6 Å². The minimum atomic E-state index is -0.629. The summed E-state index contributed by atoms with van der Waals surface area (Å²) in [5, 5.41) is 3.48. The van der Waals surface area contributed by atoms with Crippen molar-refractivity contribution in [2.45, 2.75) is 43.7 Å². The maximum absolute atomic E-state index is 14.0. The molecule has 6 nitrogen and oxygen atoms in total. The zero-order chi connectivity index (χ0) is 23.5. The Morgan fingerprint density at radius 3 is 2.55 bits per heavy atom. The van der Waals surface area contributed by atoms with E-state index in [0.29, 0.717) is 39.1 Å². The van der Waals surface area contributed by atoms with E-state index in [2.05, 4.69) is 15.3 Å². The first-order valence-electron chi connectivity index (χ1n) is 10.6. The van der Waals surface area contributed by atoms with Crippen LogP contribution in [0.2, 0.25) is 0 Å². The van der Waals surface area contributed by atoms with Gasteiger partial charge in [0.15, 0.2) is 5.16 Å². The predicted octanol–water partition coefficient (Wildman–Crippen LogP) is 4.98. The maximum Gasteiger partial charge on any atom is 0.337 e. The number of fused-ring (bicyclic) bond motifs is 1. The van der Waals surface area contributed by atoms with Gasteiger partial charge in [-0.1, -0.05) is 60.3 Å². The third kappa shape index (κ3) is 4.85. The van der Waals surface area contributed by atoms with Gasteiger partial charge in [-0.2, -0.15) is 0 Å². The van der Waals surface area contributed by atoms with Gasteiger partial charge >= 0.3 is 5.97 Å². The van der Waals surface area contributed by atoms with E-state index in [-0.39, 0.29) is 17.5 Å². The molecule has 2 aromatic carbocycles. The third-order valence-corrected chi connectivity index (χ3v) is 6.16. The van der Waals surface area contributed by atoms with Gasteiger partial charge in [-0.25, -0.2) is 14.2 Å². The molecule has 2 N–H and O–H groups in total. The van der Waals surface area contributed by atoms with Crippen LogP contribution < -0.4 is 10.9 Å². The monoisotopic (exact) mass is 465 g/mol. The summed E-state index contributed by atoms with van der Waals surface area (Å²) in [7, 11) is 0. The molecule has 0 spiro atoms. The van der Waals surface area contributed by atoms with Gasteiger partial charge in [0.2, 0.25) is 0 Å². The summed E-state index contributed by atoms with van der Waals surface area (Å²) in [5.74, 6) is -0.721. The van der Waals surface area contributed by atoms with Crippen molar-refractivity contribution in [3.8, 4) is 0 Å². The average molecular weight is 466 g/mol. The Morgan fingerprint density at radius 1 is 1.15 bits per heavy atom. The first kappa shape index (κ1) is 22.8. The number of allylic oxidation sites excluding steroid dienone is 1. The average Bonchev–Trinajstić information content (AvgIpc) is 2.77. The molecule has 0 bridgehead atoms. The second-order valence-corrected chi connectivity index (χ2v) is 8.94. The van der Waals surface area contributed by atoms with Crippen molar-refractivity contribution in [1.82, 2.24) is 9.97 Å². The Morgan fingerprint density at radius 2 is 1.85 bits per heavy atom. The molecular formula is C25H24FN3O3S. The van der Waals surface area contributed by atoms with Gasteiger partial charge in [-0.05, 0) is 38.0 Å². The summed E-state index contributed by atoms with van der Waals surface area (Å²) in [6.07, 6.45) is -0.302. The molecule has 170 valence electrons. The lowest BCUT2D eigenvalue weighted by Crippen LogP contribution is -2.31. The lowest BCUT2D eigenvalue weighted by atomic mass is 9.82. The van der Waals surface area contributed by atoms with Crippen LogP contribution in [-0.4, -0.2) is 22.0 Å². The number of H-pyrrole nitrogens is 1. The van der Waals surface area contributed by atoms with Crippen LogP contribution in [0.5, 0.6) is 0 Å². The zero-order valence-corrected chi connectivity index (χ0v) is 19.3. The minimum absolute atomic E-state index is 0.302. The molecule has 3 aromatic rings. The minimum Gasteiger partial charge on any atom is -0.460 e. The Kier molecular flexibility index (Phi) is 6.65. The largest absolute Gasteiger partial charge is 0.460 e. The molecule has 0 amide bonds. The molecule has 2 heterocycles. The highest BCUT2D eigenvalue weighted by Gasteiger charge is 2.36. The number of halogens is 1. The van der Waals surface area contributed by atoms with E-state index in [1.54, 1.807) is 39.0 Å². The van der Waals surface area contributed by atoms with E-state index in [1.165, 1.54) is 17.8 Å². The van der Waals surface area contributed by atoms with E-state index < -0.39 is 11.9 Å². The highest BCUT2D eigenvalue weighted by atomic mass is 32.2. The molecule has 0 saturated heterocycles. The Hall–Kier alpha value is -3.39. The summed E-state index contributed by atoms with van der Waals surface area (Å²) in [6, 6.07) is 15.8. The summed E-state index contributed by atoms with van der Waals surface area (Å²) in [5.41, 5.74) is 2.24. The molecule has 0 fully saturated rings. The molecule has 1 aliphatic rings. The Balaban J connectivity index is 1.75. The van der Waals surface area contributed by atoms with Crippen molar-refractivity contribution < 1.29 is 13.9 Å². The van der Waals surface area contributed by atoms with Crippen LogP contribution in [0.25, 0.3) is 0 Å². The number of esters is 1. The van der Waals surface area contributed by atoms with E-state index in [0.717, 1.165) is 5.56 Å². The fourth-order valence-electron chi connectivity index (χ4n) is 3.79. The van der Waals surface area contributed by atoms with Crippen LogP contribution in [0, 0.1) is 5.82 Å². The first-order valence-corrected chi connectivity index (χ1v) is 11.6. The van der Waals surface area contributed by atoms with Gasteiger partial charge < -0.3 is 15.0 Å². The Bertz CT molecular complexity index is 1270. The first-order chi connectivity index (χ1) is 15.8. The predicted molar refractivity (Wildman–Crippen MR) is 127 cm³/mol. The second kappa shape index (κ2) is 9.62. The number of thioether (sulfide) groups is 1. The topological polar surface area (TPSA) is 84.1 Å². The number of ether oxygens (including phenoxy) is 1. The zero-order valence-electron chi connectivity index (χ0n) is 18.5. The normalized spacial score (nSPS) is 15.2. The van der Waals surface area contributed by atoms with Crippen LogP contribution in [0.15, 0.2) is 75.8 Å². The molecular weight excluding hydrogens is 441 g/mol. The number of hydrogen-bond acceptors (Lipinski definition) is 6. The third-order valence-electron chi connectivity index (χ3n) is 5.24. The van der Waals surface area contributed by atoms with E-state index in [1.807, 2.05) is 30.3 Å². The number of benzene rings is 2. The standard InChI is InChI=1S/C25H24FN3O3S/c1-14(2)32-24(31)19-15(3)27-22-21(20(19)16-9-5-4-6-10-16)23(30)29-25(28-22)33-13-17-11-7-8-12-18(17)26/h4-12,14,20H,13H2,1-3H3,(H2,27,28,29,30). The SMILES string of the molecule is CC1=C(C(=O)OC(C)C)C(c2ccccc2)c2c(nc(SCc3ccccc3F)[nH]c2=O)N1. The number of nitrogens with one attached hydrogen (secondary N) is 2. The number of nitrogens with zero attached hydrogens (tertiary/aromatic N) is 1. The van der Waals surface area contributed by atoms with Crippen molar-refractivity contribution in [3.63, 3.8) is 0 Å². The Labute approximate surface area is 195 Å². The number of rotatable bonds is 6. The van der Waals surface area contributed by atoms with Gasteiger partial charge in [0.25, 0.3) is 5.56 Å². The lowest BCUT2D eigenvalue weighted by Gasteiger charge is -2.29. The second-order valence-electron chi connectivity index (χ2n) is 7.97. The fraction of sp³-hybridized carbons (Fsp3) is 0.240. The molecule has 0 aliphatic carbocycles. The smallest absolute Gasteiger partial charge is 0.337 e. The van der Waals surface area contributed by atoms with Crippen molar-refractivity contribution in [2.24, 2.45) is 0 Å². The van der Waals surface area contributed by atoms with E-state index >= 15 is 0 Å². The van der Waals surface area contributed by atoms with E-state index in [9.17, 15) is 14.0 Å². The number of anilines is 1. The van der Waals surface area contributed by atoms with Crippen LogP contribution in [-0.2, 0) is 15.3 Å². The van der Waals surface area contributed by atoms with E-state index in [4.69, 9.17) is 4.74 Å². The van der Waals surface area contributed by atoms with Crippen molar-refractivity contribution in [3.05, 3.63) is 98.7 Å². The number of aromatic amines is 1. The quantitative estimate of drug-likeness (QED) is 0.303. The highest BCUT2D eigenvalue weighted by molar-refractivity contribution is 7.98. The maximum atomic E-state index is 14.0. The van der Waals surface area contributed by atoms with Crippen LogP contribution in [0.3, 0.4) is 0 Å². The fourth-order valence-corrected chi connectivity index (χ4v) is 4.63. The van der Waals surface area contributed by atoms with Gasteiger partial charge in [0, 0.05) is 11.4 Å². The molecule has 1 aromatic heterocycles. The summed E-state index contributed by atoms with van der Waals surface area (Å²) in [4.78, 5) is 33.6. The molecule has 33 heavy (non-hydrogen) atoms. The number of carbonyl (C=O) groups excluding carboxylic acids is 1. The van der Waals surface area contributed by atoms with Crippen LogP contribution >= 0.6 is 11.8 Å². The molecule has 1 atom stereocenters. The number of carbonyl (C=O) groups is 1. The van der Waals surface area contributed by atoms with Crippen molar-refractivity contribution in [1.29, 1.82) is 0 Å². The van der Waals surface area contributed by atoms with Crippen LogP contribution in [0.4, 0.5) is 10.2 Å². The molecule has 1 unspecified atom stereocenters. The van der Waals surface area contributed by atoms with Gasteiger partial charge in [-0.15, -0.1) is 0 Å². The summed E-state index contributed by atoms with van der Waals surface area (Å²) in [6.45, 7) is 5.33.